The Bertz CT molecular complexity index is 511. The van der Waals surface area contributed by atoms with Crippen LogP contribution >= 0.6 is 0 Å². The zero-order chi connectivity index (χ0) is 16.0. The lowest BCUT2D eigenvalue weighted by Crippen LogP contribution is -2.44. The van der Waals surface area contributed by atoms with Gasteiger partial charge in [0.25, 0.3) is 5.91 Å². The third-order valence-electron chi connectivity index (χ3n) is 3.31. The maximum atomic E-state index is 12.0. The van der Waals surface area contributed by atoms with E-state index in [-0.39, 0.29) is 18.4 Å². The highest BCUT2D eigenvalue weighted by atomic mass is 16.5. The molecule has 1 unspecified atom stereocenters. The van der Waals surface area contributed by atoms with Crippen LogP contribution in [0.3, 0.4) is 0 Å². The second kappa shape index (κ2) is 7.08. The number of nitrogens with one attached hydrogen (secondary N) is 1. The fraction of sp³-hybridized carbons (Fsp3) is 0.467. The van der Waals surface area contributed by atoms with Crippen LogP contribution in [0.1, 0.15) is 31.1 Å². The van der Waals surface area contributed by atoms with Crippen LogP contribution in [0.25, 0.3) is 0 Å². The molecule has 0 spiro atoms. The number of carboxylic acid groups (broad SMARTS) is 1. The summed E-state index contributed by atoms with van der Waals surface area (Å²) >= 11 is 0. The summed E-state index contributed by atoms with van der Waals surface area (Å²) in [5.41, 5.74) is -0.648. The number of hydrogen-bond acceptors (Lipinski definition) is 4. The molecule has 0 aliphatic rings. The molecule has 3 N–H and O–H groups in total. The van der Waals surface area contributed by atoms with Crippen molar-refractivity contribution in [2.24, 2.45) is 5.92 Å². The normalized spacial score (nSPS) is 13.6. The summed E-state index contributed by atoms with van der Waals surface area (Å²) in [6, 6.07) is 6.23. The van der Waals surface area contributed by atoms with Crippen molar-refractivity contribution in [2.75, 3.05) is 13.2 Å². The average molecular weight is 295 g/mol. The molecule has 0 saturated heterocycles. The van der Waals surface area contributed by atoms with E-state index < -0.39 is 18.2 Å². The van der Waals surface area contributed by atoms with Crippen LogP contribution < -0.4 is 10.1 Å². The van der Waals surface area contributed by atoms with Gasteiger partial charge in [-0.2, -0.15) is 0 Å². The van der Waals surface area contributed by atoms with E-state index in [4.69, 9.17) is 9.84 Å². The van der Waals surface area contributed by atoms with E-state index in [1.807, 2.05) is 13.8 Å². The summed E-state index contributed by atoms with van der Waals surface area (Å²) < 4.78 is 5.01. The molecule has 0 radical (unpaired) electrons. The van der Waals surface area contributed by atoms with Crippen molar-refractivity contribution >= 4 is 11.9 Å². The number of aliphatic carboxylic acids is 1. The van der Waals surface area contributed by atoms with Gasteiger partial charge >= 0.3 is 5.97 Å². The number of carbonyl (C=O) groups is 2. The fourth-order valence-corrected chi connectivity index (χ4v) is 1.44. The Labute approximate surface area is 123 Å². The van der Waals surface area contributed by atoms with Gasteiger partial charge in [0, 0.05) is 12.1 Å². The minimum absolute atomic E-state index is 0.00281. The number of benzene rings is 1. The molecule has 0 fully saturated rings. The number of carboxylic acids is 1. The van der Waals surface area contributed by atoms with Gasteiger partial charge in [0.05, 0.1) is 5.60 Å². The van der Waals surface area contributed by atoms with Crippen LogP contribution in [0.15, 0.2) is 24.3 Å². The minimum atomic E-state index is -1.09. The molecule has 1 aromatic rings. The standard InChI is InChI=1S/C15H21NO5/c1-10(2)15(3,20)9-16-14(19)11-5-4-6-12(7-11)21-8-13(17)18/h4-7,10,20H,8-9H2,1-3H3,(H,16,19)(H,17,18). The van der Waals surface area contributed by atoms with Gasteiger partial charge in [-0.1, -0.05) is 19.9 Å². The zero-order valence-corrected chi connectivity index (χ0v) is 12.4. The lowest BCUT2D eigenvalue weighted by molar-refractivity contribution is -0.139. The molecule has 0 aliphatic carbocycles. The lowest BCUT2D eigenvalue weighted by atomic mass is 9.92. The van der Waals surface area contributed by atoms with Crippen molar-refractivity contribution in [1.82, 2.24) is 5.32 Å². The number of aliphatic hydroxyl groups is 1. The molecule has 1 amide bonds. The third-order valence-corrected chi connectivity index (χ3v) is 3.31. The van der Waals surface area contributed by atoms with E-state index in [1.165, 1.54) is 6.07 Å². The van der Waals surface area contributed by atoms with Crippen LogP contribution in [-0.4, -0.2) is 40.8 Å². The largest absolute Gasteiger partial charge is 0.482 e. The first-order chi connectivity index (χ1) is 9.72. The highest BCUT2D eigenvalue weighted by Gasteiger charge is 2.25. The van der Waals surface area contributed by atoms with Gasteiger partial charge in [-0.25, -0.2) is 4.79 Å². The summed E-state index contributed by atoms with van der Waals surface area (Å²) in [5.74, 6) is -1.13. The number of amides is 1. The Hall–Kier alpha value is -2.08. The molecule has 21 heavy (non-hydrogen) atoms. The quantitative estimate of drug-likeness (QED) is 0.704. The van der Waals surface area contributed by atoms with Crippen molar-refractivity contribution < 1.29 is 24.5 Å². The van der Waals surface area contributed by atoms with E-state index in [1.54, 1.807) is 25.1 Å². The van der Waals surface area contributed by atoms with Gasteiger partial charge in [-0.15, -0.1) is 0 Å². The average Bonchev–Trinajstić information content (AvgIpc) is 2.42. The minimum Gasteiger partial charge on any atom is -0.482 e. The van der Waals surface area contributed by atoms with Gasteiger partial charge in [0.15, 0.2) is 6.61 Å². The van der Waals surface area contributed by atoms with Crippen molar-refractivity contribution in [2.45, 2.75) is 26.4 Å². The highest BCUT2D eigenvalue weighted by molar-refractivity contribution is 5.94. The van der Waals surface area contributed by atoms with Crippen LogP contribution in [-0.2, 0) is 4.79 Å². The van der Waals surface area contributed by atoms with Crippen molar-refractivity contribution in [3.63, 3.8) is 0 Å². The van der Waals surface area contributed by atoms with Gasteiger partial charge in [0.1, 0.15) is 5.75 Å². The zero-order valence-electron chi connectivity index (χ0n) is 12.4. The number of rotatable bonds is 7. The third kappa shape index (κ3) is 5.43. The van der Waals surface area contributed by atoms with Crippen LogP contribution in [0.4, 0.5) is 0 Å². The summed E-state index contributed by atoms with van der Waals surface area (Å²) in [5, 5.41) is 21.3. The molecule has 0 bridgehead atoms. The monoisotopic (exact) mass is 295 g/mol. The molecular formula is C15H21NO5. The van der Waals surface area contributed by atoms with Gasteiger partial charge in [-0.05, 0) is 31.0 Å². The summed E-state index contributed by atoms with van der Waals surface area (Å²) in [6.45, 7) is 5.06. The maximum absolute atomic E-state index is 12.0. The van der Waals surface area contributed by atoms with Crippen molar-refractivity contribution in [3.8, 4) is 5.75 Å². The number of ether oxygens (including phenoxy) is 1. The molecular weight excluding hydrogens is 274 g/mol. The topological polar surface area (TPSA) is 95.9 Å². The van der Waals surface area contributed by atoms with Gasteiger partial charge in [-0.3, -0.25) is 4.79 Å². The molecule has 1 aromatic carbocycles. The van der Waals surface area contributed by atoms with E-state index in [0.717, 1.165) is 0 Å². The molecule has 0 heterocycles. The molecule has 116 valence electrons. The summed E-state index contributed by atoms with van der Waals surface area (Å²) in [4.78, 5) is 22.4. The predicted molar refractivity (Wildman–Crippen MR) is 77.4 cm³/mol. The highest BCUT2D eigenvalue weighted by Crippen LogP contribution is 2.16. The second-order valence-corrected chi connectivity index (χ2v) is 5.40. The molecule has 6 nitrogen and oxygen atoms in total. The Kier molecular flexibility index (Phi) is 5.72. The van der Waals surface area contributed by atoms with Crippen LogP contribution in [0, 0.1) is 5.92 Å². The van der Waals surface area contributed by atoms with E-state index in [2.05, 4.69) is 5.32 Å². The SMILES string of the molecule is CC(C)C(C)(O)CNC(=O)c1cccc(OCC(=O)O)c1. The fourth-order valence-electron chi connectivity index (χ4n) is 1.44. The van der Waals surface area contributed by atoms with E-state index in [9.17, 15) is 14.7 Å². The number of hydrogen-bond donors (Lipinski definition) is 3. The van der Waals surface area contributed by atoms with E-state index >= 15 is 0 Å². The first-order valence-electron chi connectivity index (χ1n) is 6.67. The molecule has 1 atom stereocenters. The molecule has 6 heteroatoms. The Balaban J connectivity index is 2.66. The van der Waals surface area contributed by atoms with E-state index in [0.29, 0.717) is 11.3 Å². The molecule has 0 saturated carbocycles. The number of carbonyl (C=O) groups excluding carboxylic acids is 1. The summed E-state index contributed by atoms with van der Waals surface area (Å²) in [7, 11) is 0. The molecule has 0 aromatic heterocycles. The Morgan fingerprint density at radius 3 is 2.62 bits per heavy atom. The van der Waals surface area contributed by atoms with Gasteiger partial charge in [0.2, 0.25) is 0 Å². The Morgan fingerprint density at radius 1 is 1.38 bits per heavy atom. The van der Waals surface area contributed by atoms with Crippen molar-refractivity contribution in [3.05, 3.63) is 29.8 Å². The summed E-state index contributed by atoms with van der Waals surface area (Å²) in [6.07, 6.45) is 0. The predicted octanol–water partition coefficient (Wildman–Crippen LogP) is 1.29. The maximum Gasteiger partial charge on any atom is 0.341 e. The van der Waals surface area contributed by atoms with Crippen molar-refractivity contribution in [1.29, 1.82) is 0 Å². The van der Waals surface area contributed by atoms with Gasteiger partial charge < -0.3 is 20.3 Å². The van der Waals surface area contributed by atoms with Crippen LogP contribution in [0.5, 0.6) is 5.75 Å². The Morgan fingerprint density at radius 2 is 2.05 bits per heavy atom. The first kappa shape index (κ1) is 17.0. The lowest BCUT2D eigenvalue weighted by Gasteiger charge is -2.27. The first-order valence-corrected chi connectivity index (χ1v) is 6.67. The smallest absolute Gasteiger partial charge is 0.341 e. The molecule has 0 aliphatic heterocycles. The molecule has 1 rings (SSSR count). The second-order valence-electron chi connectivity index (χ2n) is 5.40. The van der Waals surface area contributed by atoms with Crippen LogP contribution in [0.2, 0.25) is 0 Å².